The predicted octanol–water partition coefficient (Wildman–Crippen LogP) is 8.81. The van der Waals surface area contributed by atoms with E-state index in [1.807, 2.05) is 98.2 Å². The summed E-state index contributed by atoms with van der Waals surface area (Å²) in [4.78, 5) is 19.7. The zero-order valence-corrected chi connectivity index (χ0v) is 34.6. The number of aromatic nitrogens is 4. The van der Waals surface area contributed by atoms with Gasteiger partial charge in [0.15, 0.2) is 23.1 Å². The van der Waals surface area contributed by atoms with Crippen LogP contribution in [0.15, 0.2) is 138 Å². The van der Waals surface area contributed by atoms with Crippen molar-refractivity contribution in [1.82, 2.24) is 19.9 Å². The molecule has 0 saturated carbocycles. The molecular weight excluding hydrogens is 868 g/mol. The second-order valence-corrected chi connectivity index (χ2v) is 15.7. The first-order valence-electron chi connectivity index (χ1n) is 16.5. The number of ether oxygens (including phenoxy) is 2. The molecule has 2 aliphatic heterocycles. The molecule has 0 aliphatic carbocycles. The van der Waals surface area contributed by atoms with Crippen LogP contribution < -0.4 is 30.1 Å². The topological polar surface area (TPSA) is 142 Å². The van der Waals surface area contributed by atoms with E-state index in [0.29, 0.717) is 46.8 Å². The van der Waals surface area contributed by atoms with Crippen LogP contribution in [0.5, 0.6) is 11.5 Å². The quantitative estimate of drug-likeness (QED) is 0.141. The summed E-state index contributed by atoms with van der Waals surface area (Å²) in [5.74, 6) is 4.06. The zero-order valence-electron chi connectivity index (χ0n) is 29.8. The average Bonchev–Trinajstić information content (AvgIpc) is 3.19. The molecule has 2 aromatic heterocycles. The van der Waals surface area contributed by atoms with Crippen molar-refractivity contribution in [3.05, 3.63) is 130 Å². The summed E-state index contributed by atoms with van der Waals surface area (Å²) >= 11 is 8.73. The smallest absolute Gasteiger partial charge is 0.245 e. The molecular formula is C38H32Br2N10O3S2. The van der Waals surface area contributed by atoms with Crippen LogP contribution in [0, 0.1) is 0 Å². The van der Waals surface area contributed by atoms with Crippen molar-refractivity contribution in [2.24, 2.45) is 10.2 Å². The van der Waals surface area contributed by atoms with Gasteiger partial charge in [-0.2, -0.15) is 9.97 Å². The third kappa shape index (κ3) is 8.96. The van der Waals surface area contributed by atoms with Crippen LogP contribution in [-0.4, -0.2) is 62.5 Å². The minimum absolute atomic E-state index is 0.396. The van der Waals surface area contributed by atoms with Crippen LogP contribution >= 0.6 is 43.6 Å². The van der Waals surface area contributed by atoms with Gasteiger partial charge in [0.2, 0.25) is 23.7 Å². The highest BCUT2D eigenvalue weighted by atomic mass is 79.9. The van der Waals surface area contributed by atoms with Gasteiger partial charge >= 0.3 is 0 Å². The van der Waals surface area contributed by atoms with Crippen LogP contribution in [0.2, 0.25) is 0 Å². The van der Waals surface area contributed by atoms with Crippen molar-refractivity contribution < 1.29 is 13.7 Å². The lowest BCUT2D eigenvalue weighted by Gasteiger charge is -2.23. The maximum atomic E-state index is 11.7. The van der Waals surface area contributed by atoms with E-state index in [0.717, 1.165) is 36.3 Å². The third-order valence-electron chi connectivity index (χ3n) is 7.94. The second kappa shape index (κ2) is 17.0. The minimum atomic E-state index is -1.06. The van der Waals surface area contributed by atoms with E-state index >= 15 is 0 Å². The van der Waals surface area contributed by atoms with Gasteiger partial charge in [-0.3, -0.25) is 4.21 Å². The van der Waals surface area contributed by atoms with Crippen molar-refractivity contribution >= 4 is 101 Å². The highest BCUT2D eigenvalue weighted by Gasteiger charge is 2.25. The number of halogens is 2. The monoisotopic (exact) mass is 898 g/mol. The Hall–Kier alpha value is -5.36. The standard InChI is InChI=1S/C19H16BrN5O2S.C19H16BrN5OS/c1-25-17-16(27-18(24-25)14-8-3-4-9-15(14)20)11-21-19(23-17)22-12-6-5-7-13(10-12)28(2)26;1-25-17-16(26-18(24-25)14-8-3-4-9-15(14)20)11-21-19(23-17)22-12-6-5-7-13(10-12)27-2/h3-11H,1-2H3,(H,21,22,23);3-11H,1-2H3,(H,21,22,23). The summed E-state index contributed by atoms with van der Waals surface area (Å²) in [7, 11) is 2.58. The molecule has 0 spiro atoms. The number of fused-ring (bicyclic) bond motifs is 2. The van der Waals surface area contributed by atoms with Gasteiger partial charge in [0, 0.05) is 61.3 Å². The Morgan fingerprint density at radius 1 is 0.673 bits per heavy atom. The van der Waals surface area contributed by atoms with Crippen molar-refractivity contribution in [1.29, 1.82) is 0 Å². The van der Waals surface area contributed by atoms with Gasteiger partial charge in [-0.15, -0.1) is 22.0 Å². The lowest BCUT2D eigenvalue weighted by atomic mass is 10.2. The van der Waals surface area contributed by atoms with Crippen LogP contribution in [0.3, 0.4) is 0 Å². The first-order chi connectivity index (χ1) is 26.6. The number of nitrogens with one attached hydrogen (secondary N) is 2. The van der Waals surface area contributed by atoms with E-state index in [4.69, 9.17) is 9.47 Å². The summed E-state index contributed by atoms with van der Waals surface area (Å²) in [6.45, 7) is 0. The Bertz CT molecular complexity index is 2470. The first kappa shape index (κ1) is 37.9. The van der Waals surface area contributed by atoms with Gasteiger partial charge in [0.05, 0.1) is 23.5 Å². The summed E-state index contributed by atoms with van der Waals surface area (Å²) < 4.78 is 25.3. The summed E-state index contributed by atoms with van der Waals surface area (Å²) in [5.41, 5.74) is 3.39. The maximum Gasteiger partial charge on any atom is 0.245 e. The third-order valence-corrected chi connectivity index (χ3v) is 11.0. The largest absolute Gasteiger partial charge is 0.431 e. The molecule has 0 amide bonds. The molecule has 0 bridgehead atoms. The van der Waals surface area contributed by atoms with Gasteiger partial charge in [-0.05, 0) is 98.8 Å². The number of hydrogen-bond donors (Lipinski definition) is 2. The number of benzene rings is 4. The predicted molar refractivity (Wildman–Crippen MR) is 227 cm³/mol. The van der Waals surface area contributed by atoms with Crippen molar-refractivity contribution in [2.75, 3.05) is 47.3 Å². The van der Waals surface area contributed by atoms with E-state index < -0.39 is 10.8 Å². The molecule has 278 valence electrons. The Morgan fingerprint density at radius 3 is 1.65 bits per heavy atom. The first-order valence-corrected chi connectivity index (χ1v) is 20.9. The minimum Gasteiger partial charge on any atom is -0.431 e. The van der Waals surface area contributed by atoms with Crippen LogP contribution in [0.25, 0.3) is 0 Å². The molecule has 0 saturated heterocycles. The molecule has 4 heterocycles. The molecule has 1 unspecified atom stereocenters. The second-order valence-electron chi connectivity index (χ2n) is 11.7. The highest BCUT2D eigenvalue weighted by molar-refractivity contribution is 9.10. The molecule has 8 rings (SSSR count). The van der Waals surface area contributed by atoms with Gasteiger partial charge in [-0.25, -0.2) is 20.0 Å². The Balaban J connectivity index is 0.000000169. The number of anilines is 6. The van der Waals surface area contributed by atoms with Gasteiger partial charge < -0.3 is 20.1 Å². The fourth-order valence-corrected chi connectivity index (χ4v) is 7.20. The molecule has 4 aromatic carbocycles. The number of hydrazone groups is 2. The molecule has 0 fully saturated rings. The SMILES string of the molecule is CN1N=C(c2ccccc2Br)Oc2cnc(Nc3cccc(S(C)=O)c3)nc21.CSc1cccc(Nc2ncc3c(n2)N(C)N=C(c2ccccc2Br)O3)c1. The molecule has 2 N–H and O–H groups in total. The van der Waals surface area contributed by atoms with Crippen molar-refractivity contribution in [2.45, 2.75) is 9.79 Å². The Morgan fingerprint density at radius 2 is 1.16 bits per heavy atom. The molecule has 2 aliphatic rings. The van der Waals surface area contributed by atoms with Gasteiger partial charge in [0.25, 0.3) is 0 Å². The number of thioether (sulfide) groups is 1. The van der Waals surface area contributed by atoms with Crippen LogP contribution in [0.1, 0.15) is 11.1 Å². The molecule has 17 heteroatoms. The highest BCUT2D eigenvalue weighted by Crippen LogP contribution is 2.34. The fourth-order valence-electron chi connectivity index (χ4n) is 5.27. The lowest BCUT2D eigenvalue weighted by molar-refractivity contribution is 0.524. The van der Waals surface area contributed by atoms with Gasteiger partial charge in [-0.1, -0.05) is 36.4 Å². The summed E-state index contributed by atoms with van der Waals surface area (Å²) in [6.07, 6.45) is 6.95. The molecule has 6 aromatic rings. The average molecular weight is 901 g/mol. The molecule has 1 atom stereocenters. The van der Waals surface area contributed by atoms with E-state index in [1.165, 1.54) is 4.90 Å². The van der Waals surface area contributed by atoms with Gasteiger partial charge in [0.1, 0.15) is 0 Å². The van der Waals surface area contributed by atoms with E-state index in [2.05, 4.69) is 84.8 Å². The van der Waals surface area contributed by atoms with Crippen molar-refractivity contribution in [3.63, 3.8) is 0 Å². The zero-order chi connectivity index (χ0) is 38.5. The summed E-state index contributed by atoms with van der Waals surface area (Å²) in [6, 6.07) is 30.9. The Labute approximate surface area is 341 Å². The molecule has 55 heavy (non-hydrogen) atoms. The lowest BCUT2D eigenvalue weighted by Crippen LogP contribution is -2.26. The fraction of sp³-hybridized carbons (Fsp3) is 0.105. The normalized spacial score (nSPS) is 13.4. The van der Waals surface area contributed by atoms with Crippen LogP contribution in [-0.2, 0) is 10.8 Å². The molecule has 0 radical (unpaired) electrons. The molecule has 13 nitrogen and oxygen atoms in total. The van der Waals surface area contributed by atoms with Crippen LogP contribution in [0.4, 0.5) is 34.9 Å². The van der Waals surface area contributed by atoms with E-state index in [1.54, 1.807) is 47.5 Å². The summed E-state index contributed by atoms with van der Waals surface area (Å²) in [5, 5.41) is 18.7. The number of rotatable bonds is 8. The van der Waals surface area contributed by atoms with E-state index in [-0.39, 0.29) is 0 Å². The Kier molecular flexibility index (Phi) is 11.7. The van der Waals surface area contributed by atoms with E-state index in [9.17, 15) is 4.21 Å². The maximum absolute atomic E-state index is 11.7. The number of hydrogen-bond acceptors (Lipinski definition) is 14. The number of nitrogens with zero attached hydrogens (tertiary/aromatic N) is 8. The van der Waals surface area contributed by atoms with Crippen molar-refractivity contribution in [3.8, 4) is 11.5 Å².